The summed E-state index contributed by atoms with van der Waals surface area (Å²) in [7, 11) is 0. The summed E-state index contributed by atoms with van der Waals surface area (Å²) in [5.41, 5.74) is 2.56. The first-order valence-corrected chi connectivity index (χ1v) is 7.92. The fraction of sp³-hybridized carbons (Fsp3) is 0. The molecule has 0 saturated carbocycles. The SMILES string of the molecule is C(=C/c1csc2ccccc12)/c1cccc2ccccc12. The van der Waals surface area contributed by atoms with E-state index in [9.17, 15) is 0 Å². The van der Waals surface area contributed by atoms with Gasteiger partial charge in [-0.1, -0.05) is 72.8 Å². The average molecular weight is 286 g/mol. The maximum absolute atomic E-state index is 2.23. The third-order valence-corrected chi connectivity index (χ3v) is 4.76. The molecule has 0 saturated heterocycles. The van der Waals surface area contributed by atoms with Crippen LogP contribution in [0.1, 0.15) is 11.1 Å². The summed E-state index contributed by atoms with van der Waals surface area (Å²) in [5.74, 6) is 0. The smallest absolute Gasteiger partial charge is 0.0348 e. The molecule has 1 aromatic heterocycles. The first-order chi connectivity index (χ1) is 10.4. The Morgan fingerprint density at radius 1 is 0.619 bits per heavy atom. The molecule has 0 atom stereocenters. The molecule has 0 unspecified atom stereocenters. The third kappa shape index (κ3) is 2.26. The summed E-state index contributed by atoms with van der Waals surface area (Å²) in [6.45, 7) is 0. The zero-order chi connectivity index (χ0) is 14.1. The molecule has 3 aromatic carbocycles. The lowest BCUT2D eigenvalue weighted by Gasteiger charge is -2.01. The number of hydrogen-bond acceptors (Lipinski definition) is 1. The van der Waals surface area contributed by atoms with Gasteiger partial charge in [0.2, 0.25) is 0 Å². The first-order valence-electron chi connectivity index (χ1n) is 7.04. The number of thiophene rings is 1. The Hall–Kier alpha value is -2.38. The van der Waals surface area contributed by atoms with Crippen LogP contribution in [0.15, 0.2) is 72.1 Å². The van der Waals surface area contributed by atoms with Crippen molar-refractivity contribution in [2.45, 2.75) is 0 Å². The molecule has 0 bridgehead atoms. The standard InChI is InChI=1S/C20H14S/c1-2-9-18-15(6-1)7-5-8-16(18)12-13-17-14-21-20-11-4-3-10-19(17)20/h1-14H/b13-12-. The second kappa shape index (κ2) is 5.19. The molecule has 1 heterocycles. The lowest BCUT2D eigenvalue weighted by atomic mass is 10.0. The Morgan fingerprint density at radius 3 is 2.29 bits per heavy atom. The van der Waals surface area contributed by atoms with Gasteiger partial charge in [0.1, 0.15) is 0 Å². The highest BCUT2D eigenvalue weighted by molar-refractivity contribution is 7.17. The molecule has 0 aliphatic carbocycles. The van der Waals surface area contributed by atoms with Crippen LogP contribution in [-0.4, -0.2) is 0 Å². The van der Waals surface area contributed by atoms with Gasteiger partial charge in [0.05, 0.1) is 0 Å². The molecular weight excluding hydrogens is 272 g/mol. The topological polar surface area (TPSA) is 0 Å². The predicted molar refractivity (Wildman–Crippen MR) is 94.7 cm³/mol. The quantitative estimate of drug-likeness (QED) is 0.410. The van der Waals surface area contributed by atoms with Crippen LogP contribution < -0.4 is 0 Å². The normalized spacial score (nSPS) is 11.6. The molecule has 0 fully saturated rings. The van der Waals surface area contributed by atoms with Crippen LogP contribution in [0.5, 0.6) is 0 Å². The van der Waals surface area contributed by atoms with Crippen molar-refractivity contribution in [1.82, 2.24) is 0 Å². The number of benzene rings is 3. The van der Waals surface area contributed by atoms with Crippen LogP contribution in [0.2, 0.25) is 0 Å². The summed E-state index contributed by atoms with van der Waals surface area (Å²) >= 11 is 1.80. The van der Waals surface area contributed by atoms with E-state index in [0.717, 1.165) is 0 Å². The summed E-state index contributed by atoms with van der Waals surface area (Å²) < 4.78 is 1.34. The largest absolute Gasteiger partial charge is 0.143 e. The van der Waals surface area contributed by atoms with Crippen molar-refractivity contribution >= 4 is 44.3 Å². The number of hydrogen-bond donors (Lipinski definition) is 0. The van der Waals surface area contributed by atoms with Crippen LogP contribution in [0.4, 0.5) is 0 Å². The van der Waals surface area contributed by atoms with E-state index in [-0.39, 0.29) is 0 Å². The van der Waals surface area contributed by atoms with Crippen molar-refractivity contribution < 1.29 is 0 Å². The second-order valence-corrected chi connectivity index (χ2v) is 6.00. The highest BCUT2D eigenvalue weighted by atomic mass is 32.1. The van der Waals surface area contributed by atoms with Gasteiger partial charge < -0.3 is 0 Å². The highest BCUT2D eigenvalue weighted by Crippen LogP contribution is 2.28. The van der Waals surface area contributed by atoms with Crippen molar-refractivity contribution in [2.75, 3.05) is 0 Å². The van der Waals surface area contributed by atoms with Gasteiger partial charge in [0.25, 0.3) is 0 Å². The number of fused-ring (bicyclic) bond motifs is 2. The van der Waals surface area contributed by atoms with Gasteiger partial charge in [-0.2, -0.15) is 0 Å². The van der Waals surface area contributed by atoms with Crippen molar-refractivity contribution in [3.8, 4) is 0 Å². The molecule has 0 aliphatic rings. The van der Waals surface area contributed by atoms with Crippen LogP contribution >= 0.6 is 11.3 Å². The molecule has 0 N–H and O–H groups in total. The van der Waals surface area contributed by atoms with E-state index in [0.29, 0.717) is 0 Å². The van der Waals surface area contributed by atoms with E-state index in [2.05, 4.69) is 84.3 Å². The van der Waals surface area contributed by atoms with Crippen molar-refractivity contribution in [1.29, 1.82) is 0 Å². The van der Waals surface area contributed by atoms with Gasteiger partial charge in [-0.05, 0) is 38.7 Å². The van der Waals surface area contributed by atoms with Crippen molar-refractivity contribution in [3.05, 3.63) is 83.2 Å². The van der Waals surface area contributed by atoms with E-state index in [1.54, 1.807) is 11.3 Å². The summed E-state index contributed by atoms with van der Waals surface area (Å²) in [5, 5.41) is 6.15. The zero-order valence-corrected chi connectivity index (χ0v) is 12.3. The minimum absolute atomic E-state index is 1.27. The molecule has 100 valence electrons. The molecule has 0 spiro atoms. The Kier molecular flexibility index (Phi) is 3.06. The summed E-state index contributed by atoms with van der Waals surface area (Å²) in [6, 6.07) is 23.5. The lowest BCUT2D eigenvalue weighted by molar-refractivity contribution is 1.71. The zero-order valence-electron chi connectivity index (χ0n) is 11.5. The van der Waals surface area contributed by atoms with Crippen LogP contribution in [0, 0.1) is 0 Å². The van der Waals surface area contributed by atoms with Gasteiger partial charge in [-0.3, -0.25) is 0 Å². The van der Waals surface area contributed by atoms with E-state index < -0.39 is 0 Å². The second-order valence-electron chi connectivity index (χ2n) is 5.09. The molecule has 0 aliphatic heterocycles. The minimum Gasteiger partial charge on any atom is -0.143 e. The maximum atomic E-state index is 2.23. The fourth-order valence-corrected chi connectivity index (χ4v) is 3.63. The molecule has 0 nitrogen and oxygen atoms in total. The third-order valence-electron chi connectivity index (χ3n) is 3.78. The molecule has 0 amide bonds. The van der Waals surface area contributed by atoms with E-state index in [1.165, 1.54) is 32.0 Å². The monoisotopic (exact) mass is 286 g/mol. The molecule has 4 rings (SSSR count). The van der Waals surface area contributed by atoms with Crippen LogP contribution in [-0.2, 0) is 0 Å². The maximum Gasteiger partial charge on any atom is 0.0348 e. The molecule has 4 aromatic rings. The Labute approximate surface area is 128 Å². The van der Waals surface area contributed by atoms with Crippen LogP contribution in [0.3, 0.4) is 0 Å². The summed E-state index contributed by atoms with van der Waals surface area (Å²) in [6.07, 6.45) is 4.44. The van der Waals surface area contributed by atoms with E-state index >= 15 is 0 Å². The Balaban J connectivity index is 1.81. The van der Waals surface area contributed by atoms with E-state index in [1.807, 2.05) is 0 Å². The van der Waals surface area contributed by atoms with Gasteiger partial charge in [0.15, 0.2) is 0 Å². The fourth-order valence-electron chi connectivity index (χ4n) is 2.70. The Morgan fingerprint density at radius 2 is 1.33 bits per heavy atom. The van der Waals surface area contributed by atoms with E-state index in [4.69, 9.17) is 0 Å². The lowest BCUT2D eigenvalue weighted by Crippen LogP contribution is -1.77. The van der Waals surface area contributed by atoms with Crippen LogP contribution in [0.25, 0.3) is 33.0 Å². The van der Waals surface area contributed by atoms with Gasteiger partial charge in [-0.25, -0.2) is 0 Å². The number of rotatable bonds is 2. The molecular formula is C20H14S. The van der Waals surface area contributed by atoms with Gasteiger partial charge in [-0.15, -0.1) is 11.3 Å². The van der Waals surface area contributed by atoms with Crippen molar-refractivity contribution in [2.24, 2.45) is 0 Å². The summed E-state index contributed by atoms with van der Waals surface area (Å²) in [4.78, 5) is 0. The minimum atomic E-state index is 1.27. The highest BCUT2D eigenvalue weighted by Gasteiger charge is 2.00. The van der Waals surface area contributed by atoms with Gasteiger partial charge >= 0.3 is 0 Å². The van der Waals surface area contributed by atoms with Gasteiger partial charge in [0, 0.05) is 4.70 Å². The first kappa shape index (κ1) is 12.4. The predicted octanol–water partition coefficient (Wildman–Crippen LogP) is 6.22. The Bertz CT molecular complexity index is 939. The van der Waals surface area contributed by atoms with Crippen molar-refractivity contribution in [3.63, 3.8) is 0 Å². The average Bonchev–Trinajstić information content (AvgIpc) is 2.96. The molecule has 1 heteroatoms. The molecule has 0 radical (unpaired) electrons. The molecule has 21 heavy (non-hydrogen) atoms.